The van der Waals surface area contributed by atoms with Crippen LogP contribution in [0.4, 0.5) is 5.69 Å². The number of amides is 1. The Morgan fingerprint density at radius 2 is 1.67 bits per heavy atom. The van der Waals surface area contributed by atoms with E-state index < -0.39 is 28.6 Å². The zero-order valence-corrected chi connectivity index (χ0v) is 18.9. The van der Waals surface area contributed by atoms with E-state index in [2.05, 4.69) is 4.99 Å². The number of aliphatic imine (C=N–C) groups is 1. The van der Waals surface area contributed by atoms with Crippen molar-refractivity contribution in [2.45, 2.75) is 17.7 Å². The van der Waals surface area contributed by atoms with Crippen LogP contribution >= 0.6 is 11.6 Å². The van der Waals surface area contributed by atoms with E-state index in [9.17, 15) is 13.2 Å². The Morgan fingerprint density at radius 1 is 0.970 bits per heavy atom. The van der Waals surface area contributed by atoms with E-state index in [-0.39, 0.29) is 11.5 Å². The first kappa shape index (κ1) is 21.6. The van der Waals surface area contributed by atoms with Crippen LogP contribution in [-0.2, 0) is 26.3 Å². The number of hydrazine groups is 1. The number of nitrogens with zero attached hydrogens (tertiary/aromatic N) is 4. The third kappa shape index (κ3) is 4.00. The maximum absolute atomic E-state index is 13.5. The molecular formula is C23H19ClN4O4S. The maximum Gasteiger partial charge on any atom is 0.265 e. The minimum absolute atomic E-state index is 0.0179. The van der Waals surface area contributed by atoms with Gasteiger partial charge in [0, 0.05) is 10.6 Å². The summed E-state index contributed by atoms with van der Waals surface area (Å²) < 4.78 is 27.9. The highest BCUT2D eigenvalue weighted by Crippen LogP contribution is 2.40. The quantitative estimate of drug-likeness (QED) is 0.551. The van der Waals surface area contributed by atoms with Crippen molar-refractivity contribution in [3.8, 4) is 0 Å². The summed E-state index contributed by atoms with van der Waals surface area (Å²) in [6.45, 7) is -0.287. The van der Waals surface area contributed by atoms with Crippen LogP contribution in [0, 0.1) is 0 Å². The molecule has 33 heavy (non-hydrogen) atoms. The Bertz CT molecular complexity index is 1320. The van der Waals surface area contributed by atoms with Gasteiger partial charge in [-0.1, -0.05) is 64.5 Å². The monoisotopic (exact) mass is 482 g/mol. The molecule has 0 radical (unpaired) electrons. The fourth-order valence-corrected chi connectivity index (χ4v) is 5.27. The second-order valence-corrected chi connectivity index (χ2v) is 9.75. The highest BCUT2D eigenvalue weighted by molar-refractivity contribution is 7.89. The summed E-state index contributed by atoms with van der Waals surface area (Å²) in [4.78, 5) is 23.6. The predicted molar refractivity (Wildman–Crippen MR) is 123 cm³/mol. The van der Waals surface area contributed by atoms with Gasteiger partial charge in [-0.15, -0.1) is 0 Å². The molecule has 3 aromatic rings. The number of hydrogen-bond donors (Lipinski definition) is 0. The number of rotatable bonds is 5. The molecule has 2 aliphatic rings. The van der Waals surface area contributed by atoms with Crippen molar-refractivity contribution in [1.29, 1.82) is 0 Å². The molecule has 0 saturated carbocycles. The first-order valence-corrected chi connectivity index (χ1v) is 12.0. The van der Waals surface area contributed by atoms with Crippen LogP contribution in [0.1, 0.15) is 17.3 Å². The topological polar surface area (TPSA) is 82.5 Å². The number of sulfonamides is 1. The van der Waals surface area contributed by atoms with Crippen LogP contribution in [-0.4, -0.2) is 41.7 Å². The van der Waals surface area contributed by atoms with E-state index in [1.807, 2.05) is 42.5 Å². The van der Waals surface area contributed by atoms with Crippen molar-refractivity contribution in [1.82, 2.24) is 14.5 Å². The number of carbonyl (C=O) groups excluding carboxylic acids is 1. The van der Waals surface area contributed by atoms with Gasteiger partial charge in [0.25, 0.3) is 15.9 Å². The Morgan fingerprint density at radius 3 is 2.42 bits per heavy atom. The van der Waals surface area contributed by atoms with Crippen LogP contribution < -0.4 is 0 Å². The standard InChI is InChI=1S/C23H19ClN4O4S/c24-18-10-12-19(13-11-18)33(30,31)27-14-22(29)28(32-15-17-6-2-1-3-7-17)23-20-8-4-5-9-21(20)25-16-26(23)27/h1-13,16,23H,14-15H2. The Labute approximate surface area is 196 Å². The number of hydrogen-bond acceptors (Lipinski definition) is 6. The van der Waals surface area contributed by atoms with Crippen molar-refractivity contribution in [2.24, 2.45) is 4.99 Å². The van der Waals surface area contributed by atoms with Crippen molar-refractivity contribution in [3.63, 3.8) is 0 Å². The third-order valence-corrected chi connectivity index (χ3v) is 7.37. The largest absolute Gasteiger partial charge is 0.271 e. The van der Waals surface area contributed by atoms with E-state index in [0.717, 1.165) is 9.98 Å². The summed E-state index contributed by atoms with van der Waals surface area (Å²) in [5.41, 5.74) is 2.16. The summed E-state index contributed by atoms with van der Waals surface area (Å²) in [5, 5.41) is 3.05. The van der Waals surface area contributed by atoms with Crippen LogP contribution in [0.25, 0.3) is 0 Å². The molecule has 1 amide bonds. The Hall–Kier alpha value is -3.24. The minimum Gasteiger partial charge on any atom is -0.271 e. The van der Waals surface area contributed by atoms with Gasteiger partial charge in [-0.05, 0) is 35.9 Å². The first-order chi connectivity index (χ1) is 15.9. The lowest BCUT2D eigenvalue weighted by molar-refractivity contribution is -0.248. The summed E-state index contributed by atoms with van der Waals surface area (Å²) in [6, 6.07) is 22.5. The lowest BCUT2D eigenvalue weighted by Crippen LogP contribution is -2.62. The lowest BCUT2D eigenvalue weighted by atomic mass is 10.1. The summed E-state index contributed by atoms with van der Waals surface area (Å²) in [7, 11) is -4.07. The van der Waals surface area contributed by atoms with E-state index in [1.165, 1.54) is 40.7 Å². The molecule has 1 unspecified atom stereocenters. The van der Waals surface area contributed by atoms with Crippen molar-refractivity contribution >= 4 is 39.6 Å². The molecule has 5 rings (SSSR count). The molecule has 0 aromatic heterocycles. The van der Waals surface area contributed by atoms with E-state index in [0.29, 0.717) is 16.3 Å². The van der Waals surface area contributed by atoms with Gasteiger partial charge in [0.2, 0.25) is 0 Å². The van der Waals surface area contributed by atoms with Crippen LogP contribution in [0.3, 0.4) is 0 Å². The molecule has 3 aromatic carbocycles. The predicted octanol–water partition coefficient (Wildman–Crippen LogP) is 3.89. The van der Waals surface area contributed by atoms with E-state index >= 15 is 0 Å². The van der Waals surface area contributed by atoms with Crippen molar-refractivity contribution < 1.29 is 18.0 Å². The molecule has 1 atom stereocenters. The van der Waals surface area contributed by atoms with Gasteiger partial charge in [0.1, 0.15) is 19.5 Å². The number of fused-ring (bicyclic) bond motifs is 3. The molecule has 0 bridgehead atoms. The fraction of sp³-hybridized carbons (Fsp3) is 0.130. The number of para-hydroxylation sites is 1. The average molecular weight is 483 g/mol. The maximum atomic E-state index is 13.5. The van der Waals surface area contributed by atoms with E-state index in [4.69, 9.17) is 16.4 Å². The third-order valence-electron chi connectivity index (χ3n) is 5.38. The molecule has 10 heteroatoms. The zero-order valence-electron chi connectivity index (χ0n) is 17.3. The Balaban J connectivity index is 1.53. The van der Waals surface area contributed by atoms with Gasteiger partial charge in [-0.2, -0.15) is 5.06 Å². The van der Waals surface area contributed by atoms with Gasteiger partial charge in [0.05, 0.1) is 10.6 Å². The molecular weight excluding hydrogens is 464 g/mol. The van der Waals surface area contributed by atoms with Gasteiger partial charge in [-0.25, -0.2) is 13.4 Å². The number of benzene rings is 3. The van der Waals surface area contributed by atoms with Gasteiger partial charge in [-0.3, -0.25) is 14.6 Å². The molecule has 8 nitrogen and oxygen atoms in total. The Kier molecular flexibility index (Phi) is 5.63. The highest BCUT2D eigenvalue weighted by Gasteiger charge is 2.47. The first-order valence-electron chi connectivity index (χ1n) is 10.1. The van der Waals surface area contributed by atoms with Crippen LogP contribution in [0.5, 0.6) is 0 Å². The molecule has 1 saturated heterocycles. The number of carbonyl (C=O) groups is 1. The second kappa shape index (κ2) is 8.60. The van der Waals surface area contributed by atoms with Gasteiger partial charge < -0.3 is 0 Å². The summed E-state index contributed by atoms with van der Waals surface area (Å²) in [6.07, 6.45) is 0.567. The van der Waals surface area contributed by atoms with Crippen LogP contribution in [0.2, 0.25) is 5.02 Å². The molecule has 0 spiro atoms. The molecule has 1 fully saturated rings. The van der Waals surface area contributed by atoms with Crippen molar-refractivity contribution in [2.75, 3.05) is 6.54 Å². The fourth-order valence-electron chi connectivity index (χ4n) is 3.77. The minimum atomic E-state index is -4.07. The molecule has 2 aliphatic heterocycles. The van der Waals surface area contributed by atoms with Gasteiger partial charge in [0.15, 0.2) is 6.17 Å². The number of hydroxylamine groups is 2. The van der Waals surface area contributed by atoms with Gasteiger partial charge >= 0.3 is 0 Å². The summed E-state index contributed by atoms with van der Waals surface area (Å²) >= 11 is 5.92. The second-order valence-electron chi connectivity index (χ2n) is 7.47. The average Bonchev–Trinajstić information content (AvgIpc) is 2.83. The van der Waals surface area contributed by atoms with Crippen molar-refractivity contribution in [3.05, 3.63) is 95.0 Å². The van der Waals surface area contributed by atoms with Crippen LogP contribution in [0.15, 0.2) is 88.8 Å². The van der Waals surface area contributed by atoms with E-state index in [1.54, 1.807) is 12.1 Å². The molecule has 0 N–H and O–H groups in total. The smallest absolute Gasteiger partial charge is 0.265 e. The molecule has 2 heterocycles. The number of halogens is 1. The lowest BCUT2D eigenvalue weighted by Gasteiger charge is -2.47. The molecule has 0 aliphatic carbocycles. The normalized spacial score (nSPS) is 18.2. The highest BCUT2D eigenvalue weighted by atomic mass is 35.5. The molecule has 168 valence electrons. The summed E-state index contributed by atoms with van der Waals surface area (Å²) in [5.74, 6) is -0.491. The SMILES string of the molecule is O=C1CN(S(=O)(=O)c2ccc(Cl)cc2)N2C=Nc3ccccc3C2N1OCc1ccccc1. The zero-order chi connectivity index (χ0) is 23.0.